The Balaban J connectivity index is 1.25. The molecule has 0 aromatic carbocycles. The number of hydrogen-bond acceptors (Lipinski definition) is 6. The number of ether oxygens (including phenoxy) is 1. The standard InChI is InChI=1S/C19H24N6O2/c26-19(16-13-18-25(22-16)6-3-11-27-18)24-9-7-23(8-10-24)17-12-14-4-1-2-5-15(14)20-21-17/h12-13H,1-11H2. The lowest BCUT2D eigenvalue weighted by Crippen LogP contribution is -2.49. The van der Waals surface area contributed by atoms with Crippen molar-refractivity contribution in [3.63, 3.8) is 0 Å². The summed E-state index contributed by atoms with van der Waals surface area (Å²) in [5.41, 5.74) is 2.98. The highest BCUT2D eigenvalue weighted by Crippen LogP contribution is 2.24. The molecule has 8 heteroatoms. The minimum atomic E-state index is -0.0170. The van der Waals surface area contributed by atoms with E-state index in [1.165, 1.54) is 18.4 Å². The molecular weight excluding hydrogens is 344 g/mol. The Hall–Kier alpha value is -2.64. The molecule has 3 aliphatic rings. The number of amides is 1. The van der Waals surface area contributed by atoms with E-state index in [-0.39, 0.29) is 5.91 Å². The molecule has 0 unspecified atom stereocenters. The molecule has 8 nitrogen and oxygen atoms in total. The lowest BCUT2D eigenvalue weighted by molar-refractivity contribution is 0.0739. The maximum absolute atomic E-state index is 12.8. The van der Waals surface area contributed by atoms with Crippen molar-refractivity contribution in [2.75, 3.05) is 37.7 Å². The highest BCUT2D eigenvalue weighted by Gasteiger charge is 2.27. The van der Waals surface area contributed by atoms with Crippen molar-refractivity contribution in [1.82, 2.24) is 24.9 Å². The number of anilines is 1. The maximum Gasteiger partial charge on any atom is 0.274 e. The fourth-order valence-corrected chi connectivity index (χ4v) is 4.11. The van der Waals surface area contributed by atoms with Crippen LogP contribution in [0.4, 0.5) is 5.82 Å². The first-order chi connectivity index (χ1) is 13.3. The van der Waals surface area contributed by atoms with Crippen molar-refractivity contribution in [1.29, 1.82) is 0 Å². The predicted molar refractivity (Wildman–Crippen MR) is 99.1 cm³/mol. The van der Waals surface area contributed by atoms with Gasteiger partial charge in [0.05, 0.1) is 12.3 Å². The minimum absolute atomic E-state index is 0.0170. The fraction of sp³-hybridized carbons (Fsp3) is 0.579. The molecule has 1 saturated heterocycles. The van der Waals surface area contributed by atoms with Crippen molar-refractivity contribution < 1.29 is 9.53 Å². The normalized spacial score (nSPS) is 19.3. The van der Waals surface area contributed by atoms with Crippen LogP contribution in [0.25, 0.3) is 0 Å². The molecule has 5 rings (SSSR count). The van der Waals surface area contributed by atoms with Crippen LogP contribution in [0.5, 0.6) is 5.88 Å². The van der Waals surface area contributed by atoms with E-state index in [1.807, 2.05) is 4.90 Å². The van der Waals surface area contributed by atoms with Crippen molar-refractivity contribution in [2.45, 2.75) is 38.6 Å². The summed E-state index contributed by atoms with van der Waals surface area (Å²) in [6.07, 6.45) is 5.53. The van der Waals surface area contributed by atoms with Gasteiger partial charge in [-0.05, 0) is 37.3 Å². The summed E-state index contributed by atoms with van der Waals surface area (Å²) in [5, 5.41) is 13.3. The van der Waals surface area contributed by atoms with E-state index in [0.29, 0.717) is 31.3 Å². The zero-order valence-electron chi connectivity index (χ0n) is 15.4. The highest BCUT2D eigenvalue weighted by atomic mass is 16.5. The van der Waals surface area contributed by atoms with Crippen LogP contribution >= 0.6 is 0 Å². The Bertz CT molecular complexity index is 832. The van der Waals surface area contributed by atoms with Crippen LogP contribution in [0, 0.1) is 0 Å². The van der Waals surface area contributed by atoms with E-state index >= 15 is 0 Å². The maximum atomic E-state index is 12.8. The van der Waals surface area contributed by atoms with E-state index in [2.05, 4.69) is 26.3 Å². The first-order valence-corrected chi connectivity index (χ1v) is 9.88. The number of nitrogens with zero attached hydrogens (tertiary/aromatic N) is 6. The number of aryl methyl sites for hydroxylation is 3. The van der Waals surface area contributed by atoms with Crippen LogP contribution in [0.3, 0.4) is 0 Å². The van der Waals surface area contributed by atoms with E-state index in [9.17, 15) is 4.79 Å². The zero-order chi connectivity index (χ0) is 18.2. The average Bonchev–Trinajstić information content (AvgIpc) is 3.17. The number of fused-ring (bicyclic) bond motifs is 2. The smallest absolute Gasteiger partial charge is 0.274 e. The number of carbonyl (C=O) groups excluding carboxylic acids is 1. The van der Waals surface area contributed by atoms with Crippen molar-refractivity contribution >= 4 is 11.7 Å². The summed E-state index contributed by atoms with van der Waals surface area (Å²) in [4.78, 5) is 16.9. The SMILES string of the molecule is O=C(c1cc2n(n1)CCCO2)N1CCN(c2cc3c(nn2)CCCC3)CC1. The molecule has 0 radical (unpaired) electrons. The van der Waals surface area contributed by atoms with Gasteiger partial charge in [-0.25, -0.2) is 4.68 Å². The lowest BCUT2D eigenvalue weighted by Gasteiger charge is -2.35. The van der Waals surface area contributed by atoms with Gasteiger partial charge in [0.25, 0.3) is 5.91 Å². The fourth-order valence-electron chi connectivity index (χ4n) is 4.11. The van der Waals surface area contributed by atoms with Gasteiger partial charge < -0.3 is 14.5 Å². The Labute approximate surface area is 158 Å². The Kier molecular flexibility index (Phi) is 4.18. The quantitative estimate of drug-likeness (QED) is 0.795. The molecule has 0 N–H and O–H groups in total. The number of carbonyl (C=O) groups is 1. The van der Waals surface area contributed by atoms with Crippen molar-refractivity contribution in [3.8, 4) is 5.88 Å². The average molecular weight is 368 g/mol. The molecule has 1 amide bonds. The van der Waals surface area contributed by atoms with Gasteiger partial charge in [0.15, 0.2) is 11.5 Å². The van der Waals surface area contributed by atoms with Gasteiger partial charge >= 0.3 is 0 Å². The van der Waals surface area contributed by atoms with Gasteiger partial charge in [-0.2, -0.15) is 10.2 Å². The molecule has 27 heavy (non-hydrogen) atoms. The van der Waals surface area contributed by atoms with Crippen LogP contribution in [0.1, 0.15) is 41.0 Å². The van der Waals surface area contributed by atoms with E-state index in [0.717, 1.165) is 50.4 Å². The summed E-state index contributed by atoms with van der Waals surface area (Å²) in [5.74, 6) is 1.62. The minimum Gasteiger partial charge on any atom is -0.478 e. The van der Waals surface area contributed by atoms with Crippen LogP contribution in [-0.2, 0) is 19.4 Å². The molecular formula is C19H24N6O2. The number of piperazine rings is 1. The zero-order valence-corrected chi connectivity index (χ0v) is 15.4. The molecule has 1 aliphatic carbocycles. The molecule has 2 aromatic heterocycles. The second kappa shape index (κ2) is 6.83. The van der Waals surface area contributed by atoms with E-state index in [4.69, 9.17) is 4.74 Å². The molecule has 2 aliphatic heterocycles. The van der Waals surface area contributed by atoms with Gasteiger partial charge in [0, 0.05) is 45.2 Å². The molecule has 0 bridgehead atoms. The number of aromatic nitrogens is 4. The third-order valence-electron chi connectivity index (χ3n) is 5.67. The first kappa shape index (κ1) is 16.5. The molecule has 0 saturated carbocycles. The Morgan fingerprint density at radius 3 is 2.67 bits per heavy atom. The van der Waals surface area contributed by atoms with Crippen LogP contribution in [0.2, 0.25) is 0 Å². The summed E-state index contributed by atoms with van der Waals surface area (Å²) >= 11 is 0. The van der Waals surface area contributed by atoms with E-state index < -0.39 is 0 Å². The van der Waals surface area contributed by atoms with Crippen molar-refractivity contribution in [3.05, 3.63) is 29.1 Å². The molecule has 142 valence electrons. The second-order valence-corrected chi connectivity index (χ2v) is 7.45. The van der Waals surface area contributed by atoms with Crippen LogP contribution in [0.15, 0.2) is 12.1 Å². The summed E-state index contributed by atoms with van der Waals surface area (Å²) in [7, 11) is 0. The predicted octanol–water partition coefficient (Wildman–Crippen LogP) is 1.30. The largest absolute Gasteiger partial charge is 0.478 e. The molecule has 4 heterocycles. The van der Waals surface area contributed by atoms with Gasteiger partial charge in [-0.1, -0.05) is 0 Å². The third-order valence-corrected chi connectivity index (χ3v) is 5.67. The summed E-state index contributed by atoms with van der Waals surface area (Å²) in [6, 6.07) is 3.96. The highest BCUT2D eigenvalue weighted by molar-refractivity contribution is 5.92. The van der Waals surface area contributed by atoms with Gasteiger partial charge in [0.2, 0.25) is 5.88 Å². The van der Waals surface area contributed by atoms with Gasteiger partial charge in [-0.3, -0.25) is 4.79 Å². The Morgan fingerprint density at radius 2 is 1.81 bits per heavy atom. The Morgan fingerprint density at radius 1 is 0.963 bits per heavy atom. The molecule has 2 aromatic rings. The van der Waals surface area contributed by atoms with Gasteiger partial charge in [-0.15, -0.1) is 5.10 Å². The topological polar surface area (TPSA) is 76.4 Å². The molecule has 0 spiro atoms. The summed E-state index contributed by atoms with van der Waals surface area (Å²) in [6.45, 7) is 4.38. The number of hydrogen-bond donors (Lipinski definition) is 0. The van der Waals surface area contributed by atoms with Gasteiger partial charge in [0.1, 0.15) is 0 Å². The number of rotatable bonds is 2. The second-order valence-electron chi connectivity index (χ2n) is 7.45. The van der Waals surface area contributed by atoms with Crippen molar-refractivity contribution in [2.24, 2.45) is 0 Å². The lowest BCUT2D eigenvalue weighted by atomic mass is 9.97. The molecule has 0 atom stereocenters. The van der Waals surface area contributed by atoms with E-state index in [1.54, 1.807) is 10.7 Å². The molecule has 1 fully saturated rings. The monoisotopic (exact) mass is 368 g/mol. The first-order valence-electron chi connectivity index (χ1n) is 9.88. The summed E-state index contributed by atoms with van der Waals surface area (Å²) < 4.78 is 7.36. The van der Waals surface area contributed by atoms with Crippen LogP contribution < -0.4 is 9.64 Å². The third kappa shape index (κ3) is 3.13. The van der Waals surface area contributed by atoms with Crippen LogP contribution in [-0.4, -0.2) is 63.6 Å².